The van der Waals surface area contributed by atoms with E-state index in [0.29, 0.717) is 0 Å². The fourth-order valence-electron chi connectivity index (χ4n) is 2.40. The number of hydrogen-bond acceptors (Lipinski definition) is 2. The predicted molar refractivity (Wildman–Crippen MR) is 34.2 cm³/mol. The molecule has 0 N–H and O–H groups in total. The first kappa shape index (κ1) is 4.94. The molecule has 2 atom stereocenters. The summed E-state index contributed by atoms with van der Waals surface area (Å²) >= 11 is 0. The molecule has 2 nitrogen and oxygen atoms in total. The van der Waals surface area contributed by atoms with Gasteiger partial charge < -0.3 is 4.74 Å². The van der Waals surface area contributed by atoms with Crippen molar-refractivity contribution in [3.8, 4) is 0 Å². The van der Waals surface area contributed by atoms with E-state index in [1.54, 1.807) is 0 Å². The Labute approximate surface area is 58.9 Å². The molecule has 0 amide bonds. The molecule has 2 unspecified atom stereocenters. The lowest BCUT2D eigenvalue weighted by molar-refractivity contribution is -0.139. The van der Waals surface area contributed by atoms with Crippen LogP contribution in [-0.4, -0.2) is 12.1 Å². The Morgan fingerprint density at radius 3 is 2.90 bits per heavy atom. The Hall–Kier alpha value is -0.790. The average Bonchev–Trinajstić information content (AvgIpc) is 2.44. The van der Waals surface area contributed by atoms with Crippen LogP contribution in [0.3, 0.4) is 0 Å². The molecule has 2 bridgehead atoms. The van der Waals surface area contributed by atoms with Crippen LogP contribution in [0.1, 0.15) is 19.3 Å². The second-order valence-corrected chi connectivity index (χ2v) is 3.41. The molecule has 0 radical (unpaired) electrons. The fraction of sp³-hybridized carbons (Fsp3) is 0.625. The van der Waals surface area contributed by atoms with E-state index >= 15 is 0 Å². The van der Waals surface area contributed by atoms with Crippen molar-refractivity contribution in [3.63, 3.8) is 0 Å². The molecule has 0 aromatic heterocycles. The number of ether oxygens (including phenoxy) is 1. The summed E-state index contributed by atoms with van der Waals surface area (Å²) < 4.78 is 5.13. The molecule has 1 heterocycles. The summed E-state index contributed by atoms with van der Waals surface area (Å²) in [4.78, 5) is 11.0. The van der Waals surface area contributed by atoms with Crippen molar-refractivity contribution in [3.05, 3.63) is 11.1 Å². The van der Waals surface area contributed by atoms with E-state index in [4.69, 9.17) is 4.74 Å². The maximum Gasteiger partial charge on any atom is 0.334 e. The summed E-state index contributed by atoms with van der Waals surface area (Å²) in [5.41, 5.74) is 2.34. The molecule has 0 aromatic carbocycles. The van der Waals surface area contributed by atoms with Crippen molar-refractivity contribution in [2.45, 2.75) is 25.4 Å². The number of hydrogen-bond donors (Lipinski definition) is 0. The highest BCUT2D eigenvalue weighted by molar-refractivity contribution is 5.93. The summed E-state index contributed by atoms with van der Waals surface area (Å²) in [7, 11) is 0. The molecule has 0 spiro atoms. The van der Waals surface area contributed by atoms with Gasteiger partial charge in [-0.15, -0.1) is 0 Å². The highest BCUT2D eigenvalue weighted by atomic mass is 16.5. The number of carbonyl (C=O) groups is 1. The Morgan fingerprint density at radius 1 is 1.40 bits per heavy atom. The van der Waals surface area contributed by atoms with E-state index in [1.807, 2.05) is 0 Å². The van der Waals surface area contributed by atoms with Gasteiger partial charge in [-0.25, -0.2) is 4.79 Å². The minimum atomic E-state index is -0.0278. The number of esters is 1. The second-order valence-electron chi connectivity index (χ2n) is 3.41. The predicted octanol–water partition coefficient (Wildman–Crippen LogP) is 1.02. The summed E-state index contributed by atoms with van der Waals surface area (Å²) in [6.45, 7) is 0. The van der Waals surface area contributed by atoms with Gasteiger partial charge in [0.25, 0.3) is 0 Å². The molecular weight excluding hydrogens is 128 g/mol. The zero-order chi connectivity index (χ0) is 6.72. The van der Waals surface area contributed by atoms with Crippen molar-refractivity contribution in [1.82, 2.24) is 0 Å². The van der Waals surface area contributed by atoms with Crippen LogP contribution in [0.2, 0.25) is 0 Å². The molecular formula is C8H8O2. The quantitative estimate of drug-likeness (QED) is 0.465. The van der Waals surface area contributed by atoms with Crippen LogP contribution >= 0.6 is 0 Å². The third-order valence-electron chi connectivity index (χ3n) is 2.82. The molecule has 10 heavy (non-hydrogen) atoms. The third kappa shape index (κ3) is 0.376. The van der Waals surface area contributed by atoms with Gasteiger partial charge in [-0.1, -0.05) is 0 Å². The summed E-state index contributed by atoms with van der Waals surface area (Å²) in [6, 6.07) is 0. The standard InChI is InChI=1S/C8H8O2/c9-8-6-2-4-1-5(6)7(3-4)10-8/h4,7H,1-3H2. The van der Waals surface area contributed by atoms with Gasteiger partial charge in [0.2, 0.25) is 0 Å². The molecule has 2 heteroatoms. The number of fused-ring (bicyclic) bond motifs is 1. The van der Waals surface area contributed by atoms with Gasteiger partial charge in [-0.2, -0.15) is 0 Å². The first-order valence-corrected chi connectivity index (χ1v) is 3.77. The van der Waals surface area contributed by atoms with Crippen molar-refractivity contribution in [2.24, 2.45) is 5.92 Å². The van der Waals surface area contributed by atoms with Gasteiger partial charge in [0.05, 0.1) is 0 Å². The molecule has 0 aromatic rings. The maximum absolute atomic E-state index is 11.0. The lowest BCUT2D eigenvalue weighted by Crippen LogP contribution is -2.05. The molecule has 3 rings (SSSR count). The molecule has 2 aliphatic carbocycles. The Bertz CT molecular complexity index is 252. The van der Waals surface area contributed by atoms with Crippen LogP contribution in [0.4, 0.5) is 0 Å². The van der Waals surface area contributed by atoms with Crippen molar-refractivity contribution < 1.29 is 9.53 Å². The monoisotopic (exact) mass is 136 g/mol. The van der Waals surface area contributed by atoms with Crippen LogP contribution in [0, 0.1) is 5.92 Å². The van der Waals surface area contributed by atoms with Gasteiger partial charge >= 0.3 is 5.97 Å². The smallest absolute Gasteiger partial charge is 0.334 e. The van der Waals surface area contributed by atoms with Crippen molar-refractivity contribution >= 4 is 5.97 Å². The van der Waals surface area contributed by atoms with Crippen LogP contribution in [0.15, 0.2) is 11.1 Å². The molecule has 0 saturated heterocycles. The minimum Gasteiger partial charge on any atom is -0.454 e. The first-order chi connectivity index (χ1) is 4.84. The molecule has 1 fully saturated rings. The highest BCUT2D eigenvalue weighted by Gasteiger charge is 2.47. The van der Waals surface area contributed by atoms with Crippen LogP contribution in [-0.2, 0) is 9.53 Å². The SMILES string of the molecule is O=C1OC2CC3CC1=C2C3. The Balaban J connectivity index is 2.20. The van der Waals surface area contributed by atoms with Crippen LogP contribution < -0.4 is 0 Å². The topological polar surface area (TPSA) is 26.3 Å². The van der Waals surface area contributed by atoms with E-state index in [1.165, 1.54) is 5.57 Å². The lowest BCUT2D eigenvalue weighted by atomic mass is 10.0. The lowest BCUT2D eigenvalue weighted by Gasteiger charge is -2.05. The van der Waals surface area contributed by atoms with Gasteiger partial charge in [0.15, 0.2) is 0 Å². The average molecular weight is 136 g/mol. The summed E-state index contributed by atoms with van der Waals surface area (Å²) in [5, 5.41) is 0. The molecule has 1 aliphatic heterocycles. The van der Waals surface area contributed by atoms with Crippen LogP contribution in [0.25, 0.3) is 0 Å². The zero-order valence-corrected chi connectivity index (χ0v) is 5.59. The van der Waals surface area contributed by atoms with E-state index in [-0.39, 0.29) is 12.1 Å². The Kier molecular flexibility index (Phi) is 0.636. The third-order valence-corrected chi connectivity index (χ3v) is 2.82. The van der Waals surface area contributed by atoms with E-state index in [9.17, 15) is 4.79 Å². The molecule has 3 aliphatic rings. The van der Waals surface area contributed by atoms with Crippen molar-refractivity contribution in [1.29, 1.82) is 0 Å². The van der Waals surface area contributed by atoms with Crippen molar-refractivity contribution in [2.75, 3.05) is 0 Å². The summed E-state index contributed by atoms with van der Waals surface area (Å²) in [6.07, 6.45) is 3.46. The van der Waals surface area contributed by atoms with E-state index < -0.39 is 0 Å². The zero-order valence-electron chi connectivity index (χ0n) is 5.59. The van der Waals surface area contributed by atoms with Gasteiger partial charge in [-0.05, 0) is 30.8 Å². The van der Waals surface area contributed by atoms with Gasteiger partial charge in [0.1, 0.15) is 6.10 Å². The van der Waals surface area contributed by atoms with E-state index in [2.05, 4.69) is 0 Å². The Morgan fingerprint density at radius 2 is 2.30 bits per heavy atom. The second kappa shape index (κ2) is 1.29. The minimum absolute atomic E-state index is 0.0278. The molecule has 1 saturated carbocycles. The normalized spacial score (nSPS) is 41.4. The first-order valence-electron chi connectivity index (χ1n) is 3.77. The maximum atomic E-state index is 11.0. The van der Waals surface area contributed by atoms with Gasteiger partial charge in [0, 0.05) is 5.57 Å². The van der Waals surface area contributed by atoms with Crippen LogP contribution in [0.5, 0.6) is 0 Å². The largest absolute Gasteiger partial charge is 0.454 e. The fourth-order valence-corrected chi connectivity index (χ4v) is 2.40. The molecule has 52 valence electrons. The van der Waals surface area contributed by atoms with E-state index in [0.717, 1.165) is 30.8 Å². The summed E-state index contributed by atoms with van der Waals surface area (Å²) in [5.74, 6) is 0.724. The number of rotatable bonds is 0. The van der Waals surface area contributed by atoms with Gasteiger partial charge in [-0.3, -0.25) is 0 Å². The number of carbonyl (C=O) groups excluding carboxylic acids is 1. The highest BCUT2D eigenvalue weighted by Crippen LogP contribution is 2.49.